The van der Waals surface area contributed by atoms with Gasteiger partial charge in [0, 0.05) is 0 Å². The Morgan fingerprint density at radius 2 is 1.06 bits per heavy atom. The molecule has 0 bridgehead atoms. The van der Waals surface area contributed by atoms with E-state index in [0.29, 0.717) is 7.92 Å². The van der Waals surface area contributed by atoms with Gasteiger partial charge in [-0.25, -0.2) is 8.42 Å². The van der Waals surface area contributed by atoms with E-state index in [-0.39, 0.29) is 0 Å². The number of hydrogen-bond donors (Lipinski definition) is 0. The van der Waals surface area contributed by atoms with Gasteiger partial charge in [-0.05, 0) is 55.5 Å². The quantitative estimate of drug-likeness (QED) is 0.119. The van der Waals surface area contributed by atoms with E-state index in [1.54, 1.807) is 77.0 Å². The summed E-state index contributed by atoms with van der Waals surface area (Å²) in [6.45, 7) is 5.51. The normalized spacial score (nSPS) is 21.9. The maximum Gasteiger partial charge on any atom is 0.485 e. The van der Waals surface area contributed by atoms with Gasteiger partial charge in [0.25, 0.3) is 0 Å². The smallest absolute Gasteiger partial charge is 0.485 e. The molecule has 0 radical (unpaired) electrons. The molecule has 3 saturated carbocycles. The number of alkyl halides is 3. The van der Waals surface area contributed by atoms with E-state index in [4.69, 9.17) is 13.0 Å². The molecule has 3 aliphatic carbocycles. The van der Waals surface area contributed by atoms with Crippen LogP contribution in [0, 0.1) is 0 Å². The van der Waals surface area contributed by atoms with E-state index >= 15 is 0 Å². The summed E-state index contributed by atoms with van der Waals surface area (Å²) in [4.78, 5) is 0. The van der Waals surface area contributed by atoms with Gasteiger partial charge in [-0.15, -0.1) is 0 Å². The Bertz CT molecular complexity index is 582. The molecule has 0 saturated heterocycles. The number of allylic oxidation sites excluding steroid dienone is 1. The number of rotatable bonds is 4. The monoisotopic (exact) mass is 542 g/mol. The van der Waals surface area contributed by atoms with Crippen LogP contribution in [0.25, 0.3) is 0 Å². The van der Waals surface area contributed by atoms with Crippen molar-refractivity contribution in [1.29, 1.82) is 0 Å². The van der Waals surface area contributed by atoms with Gasteiger partial charge in [-0.2, -0.15) is 13.2 Å². The molecule has 32 heavy (non-hydrogen) atoms. The molecule has 192 valence electrons. The molecule has 9 heteroatoms. The van der Waals surface area contributed by atoms with Crippen LogP contribution in [0.5, 0.6) is 0 Å². The van der Waals surface area contributed by atoms with E-state index < -0.39 is 15.6 Å². The van der Waals surface area contributed by atoms with Crippen LogP contribution in [0.15, 0.2) is 12.2 Å². The third-order valence-electron chi connectivity index (χ3n) is 6.46. The molecule has 0 aromatic rings. The Kier molecular flexibility index (Phi) is 14.6. The van der Waals surface area contributed by atoms with Gasteiger partial charge in [0.15, 0.2) is 10.1 Å². The first kappa shape index (κ1) is 30.4. The Hall–Kier alpha value is 0.364. The Balaban J connectivity index is 0.000000329. The van der Waals surface area contributed by atoms with E-state index in [1.165, 1.54) is 36.2 Å². The van der Waals surface area contributed by atoms with Crippen LogP contribution in [-0.4, -0.2) is 35.5 Å². The van der Waals surface area contributed by atoms with Crippen LogP contribution in [0.3, 0.4) is 0 Å². The van der Waals surface area contributed by atoms with Crippen LogP contribution in [0.4, 0.5) is 13.2 Å². The molecule has 0 heterocycles. The third kappa shape index (κ3) is 11.7. The fourth-order valence-corrected chi connectivity index (χ4v) is 9.71. The van der Waals surface area contributed by atoms with E-state index in [0.717, 1.165) is 11.0 Å². The second kappa shape index (κ2) is 15.4. The predicted molar refractivity (Wildman–Crippen MR) is 123 cm³/mol. The molecule has 3 nitrogen and oxygen atoms in total. The third-order valence-corrected chi connectivity index (χ3v) is 11.7. The first-order valence-corrected chi connectivity index (χ1v) is 15.6. The van der Waals surface area contributed by atoms with Gasteiger partial charge in [0.2, 0.25) is 0 Å². The van der Waals surface area contributed by atoms with Crippen molar-refractivity contribution in [2.45, 2.75) is 131 Å². The fraction of sp³-hybridized carbons (Fsp3) is 0.913. The maximum absolute atomic E-state index is 10.7. The van der Waals surface area contributed by atoms with Gasteiger partial charge < -0.3 is 4.55 Å². The first-order valence-electron chi connectivity index (χ1n) is 11.9. The van der Waals surface area contributed by atoms with Gasteiger partial charge in [0.1, 0.15) is 0 Å². The van der Waals surface area contributed by atoms with Crippen LogP contribution >= 0.6 is 7.92 Å². The van der Waals surface area contributed by atoms with Crippen LogP contribution in [0.1, 0.15) is 103 Å². The van der Waals surface area contributed by atoms with E-state index in [9.17, 15) is 13.2 Å². The largest absolute Gasteiger partial charge is 0.741 e. The second-order valence-corrected chi connectivity index (χ2v) is 14.1. The molecule has 0 aliphatic heterocycles. The standard InChI is InChI=1S/C18H33P.C4H7.CHF3O3S.Ni/c1-4-10-16(11-5-1)19(17-12-6-2-7-13-17)18-14-8-3-9-15-18;1-4(2)3;2-1(3,4)8(5,6)7;/h16-18H,1-15H2;1-2H2,3H3;(H,5,6,7);/q;;;+1/p-1. The van der Waals surface area contributed by atoms with Crippen molar-refractivity contribution in [1.82, 2.24) is 0 Å². The number of halogens is 3. The van der Waals surface area contributed by atoms with Gasteiger partial charge in [-0.1, -0.05) is 65.7 Å². The maximum atomic E-state index is 10.7. The predicted octanol–water partition coefficient (Wildman–Crippen LogP) is 8.05. The molecule has 3 rings (SSSR count). The summed E-state index contributed by atoms with van der Waals surface area (Å²) in [5, 5.41) is 0.736. The van der Waals surface area contributed by atoms with Gasteiger partial charge in [-0.3, -0.25) is 0 Å². The molecule has 0 amide bonds. The zero-order valence-electron chi connectivity index (χ0n) is 19.3. The summed E-state index contributed by atoms with van der Waals surface area (Å²) in [5.74, 6) is 0. The van der Waals surface area contributed by atoms with Crippen molar-refractivity contribution < 1.29 is 41.6 Å². The minimum Gasteiger partial charge on any atom is -0.741 e. The van der Waals surface area contributed by atoms with Crippen LogP contribution in [0.2, 0.25) is 5.39 Å². The molecule has 0 spiro atoms. The summed E-state index contributed by atoms with van der Waals surface area (Å²) < 4.78 is 58.9. The summed E-state index contributed by atoms with van der Waals surface area (Å²) in [5.41, 5.74) is -0.989. The van der Waals surface area contributed by atoms with E-state index in [1.807, 2.05) is 6.92 Å². The van der Waals surface area contributed by atoms with Crippen molar-refractivity contribution >= 4 is 18.0 Å². The average molecular weight is 543 g/mol. The van der Waals surface area contributed by atoms with Crippen molar-refractivity contribution in [3.8, 4) is 0 Å². The Morgan fingerprint density at radius 1 is 0.844 bits per heavy atom. The molecule has 0 unspecified atom stereocenters. The SMILES string of the molecule is C1CCC(P(C2CCCCC2)C2CCCCC2)CC1.C=C(C)[CH2][Ni+].O=S(=O)([O-])C(F)(F)F. The van der Waals surface area contributed by atoms with Crippen molar-refractivity contribution in [2.75, 3.05) is 0 Å². The molecule has 3 aliphatic rings. The van der Waals surface area contributed by atoms with Crippen molar-refractivity contribution in [3.63, 3.8) is 0 Å². The zero-order valence-corrected chi connectivity index (χ0v) is 22.0. The Morgan fingerprint density at radius 3 is 1.22 bits per heavy atom. The molecule has 3 fully saturated rings. The van der Waals surface area contributed by atoms with Crippen LogP contribution < -0.4 is 0 Å². The summed E-state index contributed by atoms with van der Waals surface area (Å²) in [6.07, 6.45) is 23.6. The fourth-order valence-electron chi connectivity index (χ4n) is 5.03. The summed E-state index contributed by atoms with van der Waals surface area (Å²) in [6, 6.07) is 0. The minimum absolute atomic E-state index is 0.385. The van der Waals surface area contributed by atoms with Gasteiger partial charge >= 0.3 is 45.4 Å². The molecular weight excluding hydrogens is 503 g/mol. The van der Waals surface area contributed by atoms with Crippen molar-refractivity contribution in [2.24, 2.45) is 0 Å². The number of hydrogen-bond acceptors (Lipinski definition) is 3. The molecular formula is C23H40F3NiO3PS. The van der Waals surface area contributed by atoms with Gasteiger partial charge in [0.05, 0.1) is 0 Å². The zero-order chi connectivity index (χ0) is 24.2. The van der Waals surface area contributed by atoms with Crippen LogP contribution in [-0.2, 0) is 25.6 Å². The van der Waals surface area contributed by atoms with Crippen molar-refractivity contribution in [3.05, 3.63) is 12.2 Å². The molecule has 0 aromatic heterocycles. The topological polar surface area (TPSA) is 57.2 Å². The first-order chi connectivity index (χ1) is 15.0. The second-order valence-electron chi connectivity index (χ2n) is 9.29. The minimum atomic E-state index is -6.09. The molecule has 0 N–H and O–H groups in total. The molecule has 0 atom stereocenters. The average Bonchev–Trinajstić information content (AvgIpc) is 2.76. The van der Waals surface area contributed by atoms with E-state index in [2.05, 4.69) is 22.0 Å². The summed E-state index contributed by atoms with van der Waals surface area (Å²) >= 11 is 4.33. The summed E-state index contributed by atoms with van der Waals surface area (Å²) in [7, 11) is -5.71. The Labute approximate surface area is 202 Å². The molecule has 0 aromatic carbocycles.